The number of amides is 5. The molecule has 0 aliphatic rings. The largest absolute Gasteiger partial charge is 0.494 e. The van der Waals surface area contributed by atoms with Crippen molar-refractivity contribution in [3.63, 3.8) is 0 Å². The third-order valence-electron chi connectivity index (χ3n) is 9.33. The monoisotopic (exact) mass is 1000 g/mol. The summed E-state index contributed by atoms with van der Waals surface area (Å²) in [7, 11) is 0. The molecule has 0 saturated heterocycles. The first-order valence-electron chi connectivity index (χ1n) is 23.5. The molecule has 0 heterocycles. The van der Waals surface area contributed by atoms with Crippen LogP contribution in [0.2, 0.25) is 0 Å². The highest BCUT2D eigenvalue weighted by Gasteiger charge is 2.21. The van der Waals surface area contributed by atoms with E-state index < -0.39 is 18.0 Å². The number of carbonyl (C=O) groups excluding carboxylic acids is 6. The van der Waals surface area contributed by atoms with E-state index in [1.54, 1.807) is 18.4 Å². The third-order valence-corrected chi connectivity index (χ3v) is 9.33. The van der Waals surface area contributed by atoms with Gasteiger partial charge in [0.25, 0.3) is 0 Å². The Morgan fingerprint density at radius 1 is 0.457 bits per heavy atom. The lowest BCUT2D eigenvalue weighted by Crippen LogP contribution is -2.41. The number of ether oxygens (including phenoxy) is 9. The van der Waals surface area contributed by atoms with Crippen LogP contribution in [-0.4, -0.2) is 203 Å². The number of unbranched alkanes of at least 4 members (excludes halogenated alkanes) is 6. The number of aromatic carboxylic acids is 1. The summed E-state index contributed by atoms with van der Waals surface area (Å²) in [6, 6.07) is 5.10. The SMILES string of the molecule is O=[C]COCCOCCNC(=O)COCCOCCNC(=O)COCCOCCNC(=O)COCCOCCNC(=O)CC[C@H](NC(=O)CCCCCCCCCOc1ccc(C(=O)O)cc1)C(=O)O. The van der Waals surface area contributed by atoms with E-state index in [2.05, 4.69) is 26.6 Å². The Balaban J connectivity index is 1.88. The van der Waals surface area contributed by atoms with E-state index in [4.69, 9.17) is 47.7 Å². The first-order valence-corrected chi connectivity index (χ1v) is 23.5. The van der Waals surface area contributed by atoms with Gasteiger partial charge in [-0.2, -0.15) is 0 Å². The van der Waals surface area contributed by atoms with Gasteiger partial charge in [-0.05, 0) is 43.5 Å². The molecule has 1 aromatic rings. The summed E-state index contributed by atoms with van der Waals surface area (Å²) >= 11 is 0. The molecule has 0 saturated carbocycles. The number of rotatable bonds is 49. The van der Waals surface area contributed by atoms with Gasteiger partial charge in [-0.15, -0.1) is 0 Å². The second-order valence-electron chi connectivity index (χ2n) is 15.1. The zero-order valence-corrected chi connectivity index (χ0v) is 40.1. The fraction of sp³-hybridized carbons (Fsp3) is 0.696. The molecule has 0 aromatic heterocycles. The summed E-state index contributed by atoms with van der Waals surface area (Å²) in [4.78, 5) is 92.6. The van der Waals surface area contributed by atoms with Crippen molar-refractivity contribution in [3.8, 4) is 5.75 Å². The molecule has 0 aliphatic heterocycles. The van der Waals surface area contributed by atoms with Gasteiger partial charge in [0, 0.05) is 39.0 Å². The van der Waals surface area contributed by atoms with Crippen LogP contribution >= 0.6 is 0 Å². The topological polar surface area (TPSA) is 320 Å². The lowest BCUT2D eigenvalue weighted by molar-refractivity contribution is -0.142. The highest BCUT2D eigenvalue weighted by atomic mass is 16.5. The smallest absolute Gasteiger partial charge is 0.335 e. The Bertz CT molecular complexity index is 1590. The Kier molecular flexibility index (Phi) is 40.1. The molecule has 0 bridgehead atoms. The van der Waals surface area contributed by atoms with E-state index >= 15 is 0 Å². The van der Waals surface area contributed by atoms with Gasteiger partial charge in [-0.25, -0.2) is 9.59 Å². The average Bonchev–Trinajstić information content (AvgIpc) is 3.34. The van der Waals surface area contributed by atoms with Gasteiger partial charge in [0.15, 0.2) is 0 Å². The minimum Gasteiger partial charge on any atom is -0.494 e. The molecule has 7 N–H and O–H groups in total. The molecule has 70 heavy (non-hydrogen) atoms. The van der Waals surface area contributed by atoms with Crippen molar-refractivity contribution < 1.29 is 91.2 Å². The average molecular weight is 1000 g/mol. The summed E-state index contributed by atoms with van der Waals surface area (Å²) in [5.41, 5.74) is 0.210. The molecule has 0 unspecified atom stereocenters. The van der Waals surface area contributed by atoms with Gasteiger partial charge in [-0.1, -0.05) is 32.1 Å². The number of carboxylic acid groups (broad SMARTS) is 2. The van der Waals surface area contributed by atoms with E-state index in [1.165, 1.54) is 12.1 Å². The van der Waals surface area contributed by atoms with Gasteiger partial charge in [0.05, 0.1) is 91.5 Å². The molecule has 1 aromatic carbocycles. The van der Waals surface area contributed by atoms with Gasteiger partial charge >= 0.3 is 11.9 Å². The first kappa shape index (κ1) is 62.7. The fourth-order valence-electron chi connectivity index (χ4n) is 5.73. The second kappa shape index (κ2) is 44.8. The first-order chi connectivity index (χ1) is 34.0. The summed E-state index contributed by atoms with van der Waals surface area (Å²) < 4.78 is 47.6. The van der Waals surface area contributed by atoms with Crippen molar-refractivity contribution in [1.82, 2.24) is 26.6 Å². The van der Waals surface area contributed by atoms with Crippen molar-refractivity contribution in [2.24, 2.45) is 0 Å². The van der Waals surface area contributed by atoms with E-state index in [1.807, 2.05) is 0 Å². The molecule has 0 spiro atoms. The Hall–Kier alpha value is -5.34. The number of benzene rings is 1. The molecule has 397 valence electrons. The normalized spacial score (nSPS) is 11.3. The van der Waals surface area contributed by atoms with Crippen molar-refractivity contribution in [2.45, 2.75) is 70.3 Å². The number of carboxylic acids is 2. The summed E-state index contributed by atoms with van der Waals surface area (Å²) in [6.07, 6.45) is 7.92. The molecule has 1 atom stereocenters. The summed E-state index contributed by atoms with van der Waals surface area (Å²) in [5, 5.41) is 31.5. The van der Waals surface area contributed by atoms with Gasteiger partial charge in [0.2, 0.25) is 35.8 Å². The van der Waals surface area contributed by atoms with E-state index in [9.17, 15) is 43.5 Å². The maximum Gasteiger partial charge on any atom is 0.335 e. The number of aliphatic carboxylic acids is 1. The van der Waals surface area contributed by atoms with Gasteiger partial charge < -0.3 is 79.4 Å². The number of hydrogen-bond acceptors (Lipinski definition) is 17. The zero-order chi connectivity index (χ0) is 51.1. The van der Waals surface area contributed by atoms with Crippen LogP contribution in [-0.2, 0) is 71.5 Å². The highest BCUT2D eigenvalue weighted by Crippen LogP contribution is 2.14. The zero-order valence-electron chi connectivity index (χ0n) is 40.1. The van der Waals surface area contributed by atoms with Crippen LogP contribution in [0.25, 0.3) is 0 Å². The van der Waals surface area contributed by atoms with Crippen molar-refractivity contribution in [1.29, 1.82) is 0 Å². The minimum atomic E-state index is -1.21. The van der Waals surface area contributed by atoms with Crippen LogP contribution in [0.4, 0.5) is 0 Å². The lowest BCUT2D eigenvalue weighted by Gasteiger charge is -2.14. The standard InChI is InChI=1S/C46H74N5O19/c52-19-25-66-27-26-62-22-16-48-42(55)34-68-32-29-64-24-18-50-44(57)36-69-33-30-65-23-17-49-43(56)35-67-31-28-63-21-15-47-40(53)14-13-39(46(60)61)51-41(54)8-6-4-2-1-3-5-7-20-70-38-11-9-37(10-12-38)45(58)59/h9-12,39H,1-8,13-18,20-36H2,(H,47,53)(H,48,55)(H,49,56)(H,50,57)(H,51,54)(H,58,59)(H,60,61)/t39-/m0/s1. The molecule has 24 nitrogen and oxygen atoms in total. The van der Waals surface area contributed by atoms with Gasteiger partial charge in [-0.3, -0.25) is 28.8 Å². The van der Waals surface area contributed by atoms with Crippen LogP contribution in [0.15, 0.2) is 24.3 Å². The predicted molar refractivity (Wildman–Crippen MR) is 249 cm³/mol. The van der Waals surface area contributed by atoms with Crippen LogP contribution in [0.3, 0.4) is 0 Å². The summed E-state index contributed by atoms with van der Waals surface area (Å²) in [5.74, 6) is -3.29. The van der Waals surface area contributed by atoms with Gasteiger partial charge in [0.1, 0.15) is 38.2 Å². The van der Waals surface area contributed by atoms with Crippen molar-refractivity contribution in [3.05, 3.63) is 29.8 Å². The molecular formula is C46H74N5O19. The Morgan fingerprint density at radius 3 is 1.31 bits per heavy atom. The van der Waals surface area contributed by atoms with Crippen LogP contribution in [0.5, 0.6) is 5.75 Å². The molecule has 0 aliphatic carbocycles. The fourth-order valence-corrected chi connectivity index (χ4v) is 5.73. The molecule has 24 heteroatoms. The Morgan fingerprint density at radius 2 is 0.871 bits per heavy atom. The van der Waals surface area contributed by atoms with E-state index in [0.29, 0.717) is 38.5 Å². The number of hydrogen-bond donors (Lipinski definition) is 7. The van der Waals surface area contributed by atoms with Crippen LogP contribution < -0.4 is 31.3 Å². The summed E-state index contributed by atoms with van der Waals surface area (Å²) in [6.45, 7) is 3.62. The van der Waals surface area contributed by atoms with E-state index in [0.717, 1.165) is 38.5 Å². The molecular weight excluding hydrogens is 927 g/mol. The molecule has 5 amide bonds. The van der Waals surface area contributed by atoms with Crippen molar-refractivity contribution >= 4 is 47.8 Å². The van der Waals surface area contributed by atoms with Crippen molar-refractivity contribution in [2.75, 3.05) is 138 Å². The molecule has 0 fully saturated rings. The highest BCUT2D eigenvalue weighted by molar-refractivity contribution is 5.87. The molecule has 1 rings (SSSR count). The lowest BCUT2D eigenvalue weighted by atomic mass is 10.1. The van der Waals surface area contributed by atoms with E-state index in [-0.39, 0.29) is 166 Å². The minimum absolute atomic E-state index is 0.0600. The third kappa shape index (κ3) is 39.5. The molecule has 1 radical (unpaired) electrons. The van der Waals surface area contributed by atoms with Crippen LogP contribution in [0, 0.1) is 0 Å². The second-order valence-corrected chi connectivity index (χ2v) is 15.1. The maximum absolute atomic E-state index is 12.3. The number of carbonyl (C=O) groups is 7. The Labute approximate surface area is 409 Å². The van der Waals surface area contributed by atoms with Crippen LogP contribution in [0.1, 0.15) is 74.6 Å². The maximum atomic E-state index is 12.3. The quantitative estimate of drug-likeness (QED) is 0.0421. The number of nitrogens with one attached hydrogen (secondary N) is 5. The predicted octanol–water partition coefficient (Wildman–Crippen LogP) is -0.0587.